The Balaban J connectivity index is 1.46. The van der Waals surface area contributed by atoms with Gasteiger partial charge in [-0.2, -0.15) is 0 Å². The molecule has 142 valence electrons. The van der Waals surface area contributed by atoms with E-state index in [1.54, 1.807) is 0 Å². The quantitative estimate of drug-likeness (QED) is 0.702. The molecule has 4 heterocycles. The van der Waals surface area contributed by atoms with E-state index in [9.17, 15) is 4.79 Å². The van der Waals surface area contributed by atoms with E-state index < -0.39 is 0 Å². The van der Waals surface area contributed by atoms with Crippen LogP contribution in [0.4, 0.5) is 0 Å². The Morgan fingerprint density at radius 2 is 1.82 bits per heavy atom. The monoisotopic (exact) mass is 371 g/mol. The molecule has 2 aliphatic rings. The summed E-state index contributed by atoms with van der Waals surface area (Å²) >= 11 is 0. The molecule has 2 atom stereocenters. The third kappa shape index (κ3) is 3.08. The largest absolute Gasteiger partial charge is 0.311 e. The summed E-state index contributed by atoms with van der Waals surface area (Å²) < 4.78 is 2.05. The molecular weight excluding hydrogens is 346 g/mol. The van der Waals surface area contributed by atoms with E-state index in [2.05, 4.69) is 51.7 Å². The average molecular weight is 371 g/mol. The average Bonchev–Trinajstić information content (AvgIpc) is 2.70. The molecule has 0 radical (unpaired) electrons. The second-order valence-corrected chi connectivity index (χ2v) is 8.22. The summed E-state index contributed by atoms with van der Waals surface area (Å²) in [5.74, 6) is 0.953. The molecular formula is C24H25N3O. The summed E-state index contributed by atoms with van der Waals surface area (Å²) in [6.45, 7) is 5.81. The Hall–Kier alpha value is -2.72. The van der Waals surface area contributed by atoms with Crippen molar-refractivity contribution >= 4 is 0 Å². The molecule has 28 heavy (non-hydrogen) atoms. The van der Waals surface area contributed by atoms with E-state index in [1.807, 2.05) is 30.5 Å². The molecule has 1 aromatic carbocycles. The number of aryl methyl sites for hydroxylation is 1. The Morgan fingerprint density at radius 3 is 2.64 bits per heavy atom. The Labute approximate surface area is 165 Å². The van der Waals surface area contributed by atoms with Crippen molar-refractivity contribution in [1.29, 1.82) is 0 Å². The number of fused-ring (bicyclic) bond motifs is 4. The van der Waals surface area contributed by atoms with E-state index in [0.29, 0.717) is 11.8 Å². The van der Waals surface area contributed by atoms with Crippen molar-refractivity contribution in [3.05, 3.63) is 88.1 Å². The second kappa shape index (κ2) is 7.02. The summed E-state index contributed by atoms with van der Waals surface area (Å²) in [5.41, 5.74) is 5.51. The maximum Gasteiger partial charge on any atom is 0.258 e. The molecule has 2 aromatic heterocycles. The molecule has 4 heteroatoms. The first kappa shape index (κ1) is 17.4. The Kier molecular flexibility index (Phi) is 4.36. The second-order valence-electron chi connectivity index (χ2n) is 8.22. The van der Waals surface area contributed by atoms with E-state index >= 15 is 0 Å². The molecule has 0 spiro atoms. The topological polar surface area (TPSA) is 38.1 Å². The van der Waals surface area contributed by atoms with Gasteiger partial charge in [-0.25, -0.2) is 0 Å². The predicted molar refractivity (Wildman–Crippen MR) is 111 cm³/mol. The van der Waals surface area contributed by atoms with Crippen molar-refractivity contribution < 1.29 is 0 Å². The van der Waals surface area contributed by atoms with Crippen LogP contribution in [0.15, 0.2) is 65.6 Å². The van der Waals surface area contributed by atoms with Gasteiger partial charge in [-0.15, -0.1) is 0 Å². The first-order valence-electron chi connectivity index (χ1n) is 10.1. The highest BCUT2D eigenvalue weighted by Crippen LogP contribution is 2.36. The number of benzene rings is 1. The number of hydrogen-bond donors (Lipinski definition) is 0. The van der Waals surface area contributed by atoms with Crippen LogP contribution in [0.2, 0.25) is 0 Å². The smallest absolute Gasteiger partial charge is 0.258 e. The molecule has 1 saturated heterocycles. The molecule has 3 aromatic rings. The zero-order chi connectivity index (χ0) is 19.1. The molecule has 1 fully saturated rings. The number of piperidine rings is 1. The van der Waals surface area contributed by atoms with Gasteiger partial charge in [0.05, 0.1) is 5.69 Å². The fourth-order valence-corrected chi connectivity index (χ4v) is 4.97. The van der Waals surface area contributed by atoms with Crippen LogP contribution < -0.4 is 5.56 Å². The minimum absolute atomic E-state index is 0.166. The van der Waals surface area contributed by atoms with Gasteiger partial charge >= 0.3 is 0 Å². The van der Waals surface area contributed by atoms with Gasteiger partial charge < -0.3 is 4.57 Å². The Morgan fingerprint density at radius 1 is 0.964 bits per heavy atom. The molecule has 5 rings (SSSR count). The first-order chi connectivity index (χ1) is 13.7. The third-order valence-corrected chi connectivity index (χ3v) is 6.23. The first-order valence-corrected chi connectivity index (χ1v) is 10.1. The van der Waals surface area contributed by atoms with Crippen LogP contribution in [-0.2, 0) is 13.1 Å². The van der Waals surface area contributed by atoms with Crippen LogP contribution in [0, 0.1) is 12.8 Å². The SMILES string of the molecule is Cc1ccccc1-c1ccc2n(c1=O)CC1CC2CN(Cc2ccccn2)C1. The number of rotatable bonds is 3. The van der Waals surface area contributed by atoms with Gasteiger partial charge in [-0.3, -0.25) is 14.7 Å². The van der Waals surface area contributed by atoms with Crippen LogP contribution in [0.25, 0.3) is 11.1 Å². The van der Waals surface area contributed by atoms with E-state index in [1.165, 1.54) is 12.1 Å². The minimum Gasteiger partial charge on any atom is -0.311 e. The highest BCUT2D eigenvalue weighted by molar-refractivity contribution is 5.66. The highest BCUT2D eigenvalue weighted by Gasteiger charge is 2.35. The molecule has 4 nitrogen and oxygen atoms in total. The van der Waals surface area contributed by atoms with Crippen molar-refractivity contribution in [1.82, 2.24) is 14.5 Å². The molecule has 2 aliphatic heterocycles. The van der Waals surface area contributed by atoms with Gasteiger partial charge in [-0.05, 0) is 54.7 Å². The molecule has 0 N–H and O–H groups in total. The predicted octanol–water partition coefficient (Wildman–Crippen LogP) is 3.84. The summed E-state index contributed by atoms with van der Waals surface area (Å²) in [7, 11) is 0. The zero-order valence-corrected chi connectivity index (χ0v) is 16.2. The number of nitrogens with zero attached hydrogens (tertiary/aromatic N) is 3. The maximum absolute atomic E-state index is 13.3. The normalized spacial score (nSPS) is 21.3. The van der Waals surface area contributed by atoms with Crippen molar-refractivity contribution in [3.8, 4) is 11.1 Å². The van der Waals surface area contributed by atoms with Gasteiger partial charge in [0.25, 0.3) is 5.56 Å². The highest BCUT2D eigenvalue weighted by atomic mass is 16.1. The standard InChI is InChI=1S/C24H25N3O/c1-17-6-2-3-8-21(17)22-9-10-23-19-12-18(14-27(23)24(22)28)13-26(15-19)16-20-7-4-5-11-25-20/h2-11,18-19H,12-16H2,1H3. The lowest BCUT2D eigenvalue weighted by Crippen LogP contribution is -2.47. The lowest BCUT2D eigenvalue weighted by atomic mass is 9.82. The van der Waals surface area contributed by atoms with Gasteiger partial charge in [0, 0.05) is 49.6 Å². The van der Waals surface area contributed by atoms with E-state index in [0.717, 1.165) is 48.6 Å². The van der Waals surface area contributed by atoms with Crippen molar-refractivity contribution in [2.75, 3.05) is 13.1 Å². The fourth-order valence-electron chi connectivity index (χ4n) is 4.97. The lowest BCUT2D eigenvalue weighted by Gasteiger charge is -2.42. The van der Waals surface area contributed by atoms with Crippen molar-refractivity contribution in [2.24, 2.45) is 5.92 Å². The summed E-state index contributed by atoms with van der Waals surface area (Å²) in [6.07, 6.45) is 3.05. The summed E-state index contributed by atoms with van der Waals surface area (Å²) in [5, 5.41) is 0. The van der Waals surface area contributed by atoms with Gasteiger partial charge in [0.2, 0.25) is 0 Å². The van der Waals surface area contributed by atoms with Crippen LogP contribution in [0.1, 0.15) is 29.3 Å². The molecule has 0 saturated carbocycles. The van der Waals surface area contributed by atoms with Crippen LogP contribution >= 0.6 is 0 Å². The van der Waals surface area contributed by atoms with Crippen molar-refractivity contribution in [3.63, 3.8) is 0 Å². The number of hydrogen-bond acceptors (Lipinski definition) is 3. The number of pyridine rings is 2. The van der Waals surface area contributed by atoms with Gasteiger partial charge in [0.15, 0.2) is 0 Å². The van der Waals surface area contributed by atoms with Crippen LogP contribution in [-0.4, -0.2) is 27.5 Å². The van der Waals surface area contributed by atoms with Crippen LogP contribution in [0.5, 0.6) is 0 Å². The summed E-state index contributed by atoms with van der Waals surface area (Å²) in [6, 6.07) is 18.5. The molecule has 0 amide bonds. The molecule has 2 unspecified atom stereocenters. The number of likely N-dealkylation sites (tertiary alicyclic amines) is 1. The van der Waals surface area contributed by atoms with Gasteiger partial charge in [-0.1, -0.05) is 30.3 Å². The zero-order valence-electron chi connectivity index (χ0n) is 16.2. The number of aromatic nitrogens is 2. The maximum atomic E-state index is 13.3. The van der Waals surface area contributed by atoms with E-state index in [4.69, 9.17) is 0 Å². The third-order valence-electron chi connectivity index (χ3n) is 6.23. The minimum atomic E-state index is 0.166. The van der Waals surface area contributed by atoms with E-state index in [-0.39, 0.29) is 5.56 Å². The molecule has 2 bridgehead atoms. The Bertz CT molecular complexity index is 1060. The summed E-state index contributed by atoms with van der Waals surface area (Å²) in [4.78, 5) is 20.3. The fraction of sp³-hybridized carbons (Fsp3) is 0.333. The van der Waals surface area contributed by atoms with Crippen LogP contribution in [0.3, 0.4) is 0 Å². The lowest BCUT2D eigenvalue weighted by molar-refractivity contribution is 0.113. The van der Waals surface area contributed by atoms with Gasteiger partial charge in [0.1, 0.15) is 0 Å². The van der Waals surface area contributed by atoms with Crippen molar-refractivity contribution in [2.45, 2.75) is 32.4 Å². The molecule has 0 aliphatic carbocycles.